The fourth-order valence-corrected chi connectivity index (χ4v) is 1.39. The molecule has 0 saturated carbocycles. The minimum atomic E-state index is 0.0436. The number of nitrogens with zero attached hydrogens (tertiary/aromatic N) is 2. The summed E-state index contributed by atoms with van der Waals surface area (Å²) in [7, 11) is 2.01. The van der Waals surface area contributed by atoms with Crippen molar-refractivity contribution in [1.82, 2.24) is 4.98 Å². The molecule has 1 aromatic rings. The summed E-state index contributed by atoms with van der Waals surface area (Å²) in [5.74, 6) is 0.939. The molecule has 1 rings (SSSR count). The first-order valence-electron chi connectivity index (χ1n) is 5.65. The Kier molecular flexibility index (Phi) is 5.22. The summed E-state index contributed by atoms with van der Waals surface area (Å²) in [6.07, 6.45) is 1.80. The van der Waals surface area contributed by atoms with E-state index in [0.29, 0.717) is 0 Å². The maximum absolute atomic E-state index is 5.83. The van der Waals surface area contributed by atoms with Crippen LogP contribution in [0.1, 0.15) is 25.5 Å². The van der Waals surface area contributed by atoms with Crippen molar-refractivity contribution in [3.05, 3.63) is 23.9 Å². The monoisotopic (exact) mass is 223 g/mol. The quantitative estimate of drug-likeness (QED) is 0.744. The van der Waals surface area contributed by atoms with Crippen molar-refractivity contribution >= 4 is 5.82 Å². The van der Waals surface area contributed by atoms with Crippen molar-refractivity contribution < 1.29 is 4.74 Å². The van der Waals surface area contributed by atoms with Crippen LogP contribution < -0.4 is 10.6 Å². The molecular formula is C12H21N3O. The highest BCUT2D eigenvalue weighted by Crippen LogP contribution is 2.15. The number of ether oxygens (including phenoxy) is 1. The largest absolute Gasteiger partial charge is 0.380 e. The number of rotatable bonds is 6. The van der Waals surface area contributed by atoms with Gasteiger partial charge in [-0.25, -0.2) is 4.98 Å². The molecule has 16 heavy (non-hydrogen) atoms. The minimum Gasteiger partial charge on any atom is -0.380 e. The summed E-state index contributed by atoms with van der Waals surface area (Å²) >= 11 is 0. The molecule has 4 nitrogen and oxygen atoms in total. The summed E-state index contributed by atoms with van der Waals surface area (Å²) in [6, 6.07) is 4.02. The number of likely N-dealkylation sites (N-methyl/N-ethyl adjacent to an activating group) is 1. The molecule has 0 aliphatic carbocycles. The number of nitrogens with two attached hydrogens (primary N) is 1. The van der Waals surface area contributed by atoms with E-state index >= 15 is 0 Å². The second-order valence-corrected chi connectivity index (χ2v) is 3.85. The second kappa shape index (κ2) is 6.45. The van der Waals surface area contributed by atoms with Gasteiger partial charge >= 0.3 is 0 Å². The molecule has 0 radical (unpaired) electrons. The SMILES string of the molecule is CCOCCN(C)c1cc([C@H](C)N)ccn1. The molecule has 0 aliphatic heterocycles. The lowest BCUT2D eigenvalue weighted by Gasteiger charge is -2.19. The Morgan fingerprint density at radius 3 is 2.94 bits per heavy atom. The summed E-state index contributed by atoms with van der Waals surface area (Å²) in [5, 5.41) is 0. The Morgan fingerprint density at radius 1 is 1.56 bits per heavy atom. The fourth-order valence-electron chi connectivity index (χ4n) is 1.39. The zero-order valence-electron chi connectivity index (χ0n) is 10.3. The third-order valence-electron chi connectivity index (χ3n) is 2.46. The van der Waals surface area contributed by atoms with E-state index in [2.05, 4.69) is 9.88 Å². The first-order chi connectivity index (χ1) is 7.65. The smallest absolute Gasteiger partial charge is 0.128 e. The molecular weight excluding hydrogens is 202 g/mol. The van der Waals surface area contributed by atoms with Crippen LogP contribution in [0.3, 0.4) is 0 Å². The van der Waals surface area contributed by atoms with E-state index in [9.17, 15) is 0 Å². The Morgan fingerprint density at radius 2 is 2.31 bits per heavy atom. The molecule has 0 amide bonds. The average Bonchev–Trinajstić information content (AvgIpc) is 2.29. The number of hydrogen-bond donors (Lipinski definition) is 1. The van der Waals surface area contributed by atoms with Gasteiger partial charge in [0.2, 0.25) is 0 Å². The summed E-state index contributed by atoms with van der Waals surface area (Å²) < 4.78 is 5.31. The van der Waals surface area contributed by atoms with Gasteiger partial charge in [-0.1, -0.05) is 0 Å². The molecule has 90 valence electrons. The van der Waals surface area contributed by atoms with E-state index in [1.54, 1.807) is 6.20 Å². The molecule has 0 bridgehead atoms. The van der Waals surface area contributed by atoms with Crippen molar-refractivity contribution in [2.75, 3.05) is 31.7 Å². The van der Waals surface area contributed by atoms with E-state index in [4.69, 9.17) is 10.5 Å². The second-order valence-electron chi connectivity index (χ2n) is 3.85. The van der Waals surface area contributed by atoms with Gasteiger partial charge in [0.15, 0.2) is 0 Å². The van der Waals surface area contributed by atoms with Gasteiger partial charge in [-0.15, -0.1) is 0 Å². The highest BCUT2D eigenvalue weighted by atomic mass is 16.5. The van der Waals surface area contributed by atoms with E-state index in [-0.39, 0.29) is 6.04 Å². The molecule has 4 heteroatoms. The Balaban J connectivity index is 2.60. The lowest BCUT2D eigenvalue weighted by molar-refractivity contribution is 0.154. The molecule has 1 aromatic heterocycles. The van der Waals surface area contributed by atoms with Crippen LogP contribution in [-0.4, -0.2) is 31.8 Å². The van der Waals surface area contributed by atoms with Gasteiger partial charge in [-0.2, -0.15) is 0 Å². The fraction of sp³-hybridized carbons (Fsp3) is 0.583. The molecule has 0 aliphatic rings. The van der Waals surface area contributed by atoms with Gasteiger partial charge in [0.1, 0.15) is 5.82 Å². The molecule has 0 spiro atoms. The van der Waals surface area contributed by atoms with Crippen molar-refractivity contribution in [3.63, 3.8) is 0 Å². The number of hydrogen-bond acceptors (Lipinski definition) is 4. The van der Waals surface area contributed by atoms with Crippen LogP contribution in [0.2, 0.25) is 0 Å². The minimum absolute atomic E-state index is 0.0436. The van der Waals surface area contributed by atoms with Crippen LogP contribution in [0.4, 0.5) is 5.82 Å². The molecule has 0 fully saturated rings. The maximum Gasteiger partial charge on any atom is 0.128 e. The lowest BCUT2D eigenvalue weighted by Crippen LogP contribution is -2.23. The topological polar surface area (TPSA) is 51.4 Å². The summed E-state index contributed by atoms with van der Waals surface area (Å²) in [4.78, 5) is 6.39. The molecule has 2 N–H and O–H groups in total. The molecule has 1 atom stereocenters. The molecule has 0 saturated heterocycles. The Hall–Kier alpha value is -1.13. The number of pyridine rings is 1. The molecule has 1 heterocycles. The van der Waals surface area contributed by atoms with Crippen molar-refractivity contribution in [3.8, 4) is 0 Å². The third-order valence-corrected chi connectivity index (χ3v) is 2.46. The van der Waals surface area contributed by atoms with Gasteiger partial charge in [-0.3, -0.25) is 0 Å². The predicted molar refractivity (Wildman–Crippen MR) is 66.6 cm³/mol. The lowest BCUT2D eigenvalue weighted by atomic mass is 10.1. The van der Waals surface area contributed by atoms with E-state index < -0.39 is 0 Å². The normalized spacial score (nSPS) is 12.5. The van der Waals surface area contributed by atoms with Gasteiger partial charge in [0.05, 0.1) is 6.61 Å². The van der Waals surface area contributed by atoms with Crippen LogP contribution in [0.5, 0.6) is 0 Å². The Labute approximate surface area is 97.4 Å². The van der Waals surface area contributed by atoms with Crippen LogP contribution in [-0.2, 0) is 4.74 Å². The zero-order chi connectivity index (χ0) is 12.0. The third kappa shape index (κ3) is 3.79. The van der Waals surface area contributed by atoms with E-state index in [1.165, 1.54) is 0 Å². The van der Waals surface area contributed by atoms with Crippen LogP contribution in [0.25, 0.3) is 0 Å². The van der Waals surface area contributed by atoms with Gasteiger partial charge in [0.25, 0.3) is 0 Å². The molecule has 0 aromatic carbocycles. The predicted octanol–water partition coefficient (Wildman–Crippen LogP) is 1.57. The van der Waals surface area contributed by atoms with E-state index in [1.807, 2.05) is 33.0 Å². The summed E-state index contributed by atoms with van der Waals surface area (Å²) in [5.41, 5.74) is 6.94. The van der Waals surface area contributed by atoms with Gasteiger partial charge < -0.3 is 15.4 Å². The number of anilines is 1. The maximum atomic E-state index is 5.83. The van der Waals surface area contributed by atoms with Crippen molar-refractivity contribution in [2.45, 2.75) is 19.9 Å². The van der Waals surface area contributed by atoms with Crippen LogP contribution in [0, 0.1) is 0 Å². The van der Waals surface area contributed by atoms with Crippen LogP contribution >= 0.6 is 0 Å². The Bertz CT molecular complexity index is 315. The first-order valence-corrected chi connectivity index (χ1v) is 5.65. The highest BCUT2D eigenvalue weighted by molar-refractivity contribution is 5.40. The summed E-state index contributed by atoms with van der Waals surface area (Å²) in [6.45, 7) is 6.27. The highest BCUT2D eigenvalue weighted by Gasteiger charge is 2.05. The number of aromatic nitrogens is 1. The van der Waals surface area contributed by atoms with Crippen molar-refractivity contribution in [1.29, 1.82) is 0 Å². The van der Waals surface area contributed by atoms with E-state index in [0.717, 1.165) is 31.1 Å². The zero-order valence-corrected chi connectivity index (χ0v) is 10.3. The average molecular weight is 223 g/mol. The van der Waals surface area contributed by atoms with Gasteiger partial charge in [-0.05, 0) is 31.5 Å². The standard InChI is InChI=1S/C12H21N3O/c1-4-16-8-7-15(3)12-9-11(10(2)13)5-6-14-12/h5-6,9-10H,4,7-8,13H2,1-3H3/t10-/m0/s1. The molecule has 0 unspecified atom stereocenters. The van der Waals surface area contributed by atoms with Crippen molar-refractivity contribution in [2.24, 2.45) is 5.73 Å². The van der Waals surface area contributed by atoms with Crippen LogP contribution in [0.15, 0.2) is 18.3 Å². The first kappa shape index (κ1) is 12.9. The van der Waals surface area contributed by atoms with Gasteiger partial charge in [0, 0.05) is 32.4 Å².